The summed E-state index contributed by atoms with van der Waals surface area (Å²) in [6.45, 7) is 0.220. The lowest BCUT2D eigenvalue weighted by atomic mass is 9.98. The third-order valence-electron chi connectivity index (χ3n) is 5.51. The summed E-state index contributed by atoms with van der Waals surface area (Å²) in [6, 6.07) is 23.5. The quantitative estimate of drug-likeness (QED) is 0.343. The molecule has 1 aliphatic rings. The smallest absolute Gasteiger partial charge is 0.407 e. The zero-order valence-corrected chi connectivity index (χ0v) is 19.2. The van der Waals surface area contributed by atoms with Crippen LogP contribution in [0.5, 0.6) is 0 Å². The fraction of sp³-hybridized carbons (Fsp3) is 0.200. The van der Waals surface area contributed by atoms with Gasteiger partial charge < -0.3 is 14.8 Å². The van der Waals surface area contributed by atoms with Gasteiger partial charge in [0.1, 0.15) is 6.61 Å². The average molecular weight is 527 g/mol. The fourth-order valence-corrected chi connectivity index (χ4v) is 4.34. The lowest BCUT2D eigenvalue weighted by Crippen LogP contribution is -2.32. The Hall–Kier alpha value is -2.87. The Labute approximate surface area is 194 Å². The van der Waals surface area contributed by atoms with Gasteiger partial charge >= 0.3 is 12.1 Å². The Morgan fingerprint density at radius 1 is 0.935 bits per heavy atom. The van der Waals surface area contributed by atoms with Crippen molar-refractivity contribution in [1.29, 1.82) is 0 Å². The van der Waals surface area contributed by atoms with E-state index in [1.54, 1.807) is 0 Å². The molecule has 0 aromatic heterocycles. The van der Waals surface area contributed by atoms with E-state index in [1.807, 2.05) is 48.5 Å². The molecule has 0 spiro atoms. The molecule has 0 saturated heterocycles. The van der Waals surface area contributed by atoms with Crippen molar-refractivity contribution in [1.82, 2.24) is 5.32 Å². The number of methoxy groups -OCH3 is 1. The number of ether oxygens (including phenoxy) is 2. The summed E-state index contributed by atoms with van der Waals surface area (Å²) in [5.74, 6) is -0.419. The third-order valence-corrected chi connectivity index (χ3v) is 6.23. The topological polar surface area (TPSA) is 64.6 Å². The number of benzene rings is 3. The van der Waals surface area contributed by atoms with Gasteiger partial charge in [-0.15, -0.1) is 0 Å². The number of rotatable bonds is 6. The minimum absolute atomic E-state index is 0.0180. The third kappa shape index (κ3) is 4.74. The molecular weight excluding hydrogens is 505 g/mol. The molecule has 0 unspecified atom stereocenters. The molecule has 6 heteroatoms. The number of fused-ring (bicyclic) bond motifs is 3. The van der Waals surface area contributed by atoms with E-state index in [2.05, 4.69) is 52.2 Å². The van der Waals surface area contributed by atoms with E-state index in [9.17, 15) is 9.59 Å². The normalized spacial score (nSPS) is 13.1. The molecule has 1 N–H and O–H groups in total. The molecule has 0 aliphatic heterocycles. The maximum Gasteiger partial charge on any atom is 0.407 e. The van der Waals surface area contributed by atoms with E-state index in [0.29, 0.717) is 0 Å². The molecule has 3 aromatic carbocycles. The van der Waals surface area contributed by atoms with Crippen LogP contribution in [0.3, 0.4) is 0 Å². The van der Waals surface area contributed by atoms with Gasteiger partial charge in [-0.05, 0) is 62.5 Å². The maximum atomic E-state index is 12.7. The van der Waals surface area contributed by atoms with Crippen LogP contribution in [-0.4, -0.2) is 25.8 Å². The molecule has 0 saturated carbocycles. The van der Waals surface area contributed by atoms with Crippen LogP contribution in [0, 0.1) is 3.57 Å². The van der Waals surface area contributed by atoms with E-state index >= 15 is 0 Å². The van der Waals surface area contributed by atoms with Gasteiger partial charge in [0.25, 0.3) is 0 Å². The molecule has 1 amide bonds. The van der Waals surface area contributed by atoms with Gasteiger partial charge in [-0.3, -0.25) is 4.79 Å². The monoisotopic (exact) mass is 527 g/mol. The number of nitrogens with one attached hydrogen (secondary N) is 1. The molecule has 3 aromatic rings. The van der Waals surface area contributed by atoms with Crippen molar-refractivity contribution in [2.75, 3.05) is 13.7 Å². The van der Waals surface area contributed by atoms with E-state index in [-0.39, 0.29) is 18.9 Å². The van der Waals surface area contributed by atoms with E-state index in [4.69, 9.17) is 9.47 Å². The molecule has 0 fully saturated rings. The lowest BCUT2D eigenvalue weighted by Gasteiger charge is -2.20. The highest BCUT2D eigenvalue weighted by Crippen LogP contribution is 2.44. The van der Waals surface area contributed by atoms with Crippen LogP contribution in [0.2, 0.25) is 0 Å². The van der Waals surface area contributed by atoms with Gasteiger partial charge in [-0.25, -0.2) is 4.79 Å². The Morgan fingerprint density at radius 3 is 2.10 bits per heavy atom. The van der Waals surface area contributed by atoms with Crippen LogP contribution in [0.15, 0.2) is 72.8 Å². The molecule has 1 atom stereocenters. The predicted octanol–water partition coefficient (Wildman–Crippen LogP) is 5.43. The van der Waals surface area contributed by atoms with Crippen molar-refractivity contribution in [3.05, 3.63) is 93.1 Å². The number of hydrogen-bond donors (Lipinski definition) is 1. The summed E-state index contributed by atoms with van der Waals surface area (Å²) in [4.78, 5) is 24.5. The number of alkyl carbamates (subject to hydrolysis) is 1. The van der Waals surface area contributed by atoms with E-state index < -0.39 is 18.1 Å². The van der Waals surface area contributed by atoms with Gasteiger partial charge in [-0.2, -0.15) is 0 Å². The summed E-state index contributed by atoms with van der Waals surface area (Å²) >= 11 is 2.21. The van der Waals surface area contributed by atoms with E-state index in [1.165, 1.54) is 18.2 Å². The zero-order valence-electron chi connectivity index (χ0n) is 17.0. The highest BCUT2D eigenvalue weighted by molar-refractivity contribution is 14.1. The molecule has 0 radical (unpaired) electrons. The first-order chi connectivity index (χ1) is 15.1. The van der Waals surface area contributed by atoms with Gasteiger partial charge in [0.2, 0.25) is 0 Å². The minimum Gasteiger partial charge on any atom is -0.469 e. The summed E-state index contributed by atoms with van der Waals surface area (Å²) in [7, 11) is 1.33. The number of halogens is 1. The second-order valence-corrected chi connectivity index (χ2v) is 8.60. The SMILES string of the molecule is COC(=O)C[C@@H](NC(=O)OCC1c2ccccc2-c2ccccc21)c1ccc(I)cc1. The van der Waals surface area contributed by atoms with Crippen molar-refractivity contribution in [2.45, 2.75) is 18.4 Å². The predicted molar refractivity (Wildman–Crippen MR) is 127 cm³/mol. The minimum atomic E-state index is -0.561. The van der Waals surface area contributed by atoms with Crippen LogP contribution in [0.4, 0.5) is 4.79 Å². The second-order valence-electron chi connectivity index (χ2n) is 7.35. The molecule has 4 rings (SSSR count). The second kappa shape index (κ2) is 9.51. The summed E-state index contributed by atoms with van der Waals surface area (Å²) in [5, 5.41) is 2.83. The van der Waals surface area contributed by atoms with Gasteiger partial charge in [0.15, 0.2) is 0 Å². The number of carbonyl (C=O) groups is 2. The number of amides is 1. The maximum absolute atomic E-state index is 12.7. The summed E-state index contributed by atoms with van der Waals surface area (Å²) < 4.78 is 11.5. The highest BCUT2D eigenvalue weighted by atomic mass is 127. The number of hydrogen-bond acceptors (Lipinski definition) is 4. The Morgan fingerprint density at radius 2 is 1.52 bits per heavy atom. The van der Waals surface area contributed by atoms with Crippen molar-refractivity contribution >= 4 is 34.7 Å². The molecule has 158 valence electrons. The standard InChI is InChI=1S/C25H22INO4/c1-30-24(28)14-23(16-10-12-17(26)13-11-16)27-25(29)31-15-22-20-8-4-2-6-18(20)19-7-3-5-9-21(19)22/h2-13,22-23H,14-15H2,1H3,(H,27,29)/t23-/m1/s1. The van der Waals surface area contributed by atoms with Crippen molar-refractivity contribution in [3.63, 3.8) is 0 Å². The Kier molecular flexibility index (Phi) is 6.56. The van der Waals surface area contributed by atoms with Gasteiger partial charge in [0, 0.05) is 9.49 Å². The Bertz CT molecular complexity index is 1050. The molecule has 0 heterocycles. The fourth-order valence-electron chi connectivity index (χ4n) is 3.98. The van der Waals surface area contributed by atoms with Crippen LogP contribution >= 0.6 is 22.6 Å². The molecule has 31 heavy (non-hydrogen) atoms. The van der Waals surface area contributed by atoms with Crippen molar-refractivity contribution < 1.29 is 19.1 Å². The lowest BCUT2D eigenvalue weighted by molar-refractivity contribution is -0.141. The first-order valence-corrected chi connectivity index (χ1v) is 11.1. The van der Waals surface area contributed by atoms with Crippen LogP contribution in [0.1, 0.15) is 35.1 Å². The van der Waals surface area contributed by atoms with Crippen molar-refractivity contribution in [3.8, 4) is 11.1 Å². The number of carbonyl (C=O) groups excluding carboxylic acids is 2. The van der Waals surface area contributed by atoms with Crippen molar-refractivity contribution in [2.24, 2.45) is 0 Å². The first-order valence-electron chi connectivity index (χ1n) is 10.0. The van der Waals surface area contributed by atoms with Crippen LogP contribution in [0.25, 0.3) is 11.1 Å². The summed E-state index contributed by atoms with van der Waals surface area (Å²) in [6.07, 6.45) is -0.532. The number of esters is 1. The molecule has 1 aliphatic carbocycles. The van der Waals surface area contributed by atoms with Crippen LogP contribution in [-0.2, 0) is 14.3 Å². The Balaban J connectivity index is 1.47. The van der Waals surface area contributed by atoms with Gasteiger partial charge in [0.05, 0.1) is 19.6 Å². The van der Waals surface area contributed by atoms with Crippen LogP contribution < -0.4 is 5.32 Å². The molecular formula is C25H22INO4. The average Bonchev–Trinajstić information content (AvgIpc) is 3.11. The zero-order chi connectivity index (χ0) is 21.8. The van der Waals surface area contributed by atoms with Gasteiger partial charge in [-0.1, -0.05) is 60.7 Å². The largest absolute Gasteiger partial charge is 0.469 e. The molecule has 0 bridgehead atoms. The van der Waals surface area contributed by atoms with E-state index in [0.717, 1.165) is 20.3 Å². The molecule has 5 nitrogen and oxygen atoms in total. The first kappa shape index (κ1) is 21.4. The highest BCUT2D eigenvalue weighted by Gasteiger charge is 2.29. The summed E-state index contributed by atoms with van der Waals surface area (Å²) in [5.41, 5.74) is 5.48.